The van der Waals surface area contributed by atoms with Crippen molar-refractivity contribution in [2.24, 2.45) is 0 Å². The summed E-state index contributed by atoms with van der Waals surface area (Å²) in [5.41, 5.74) is 1.69. The van der Waals surface area contributed by atoms with Gasteiger partial charge in [0.1, 0.15) is 11.3 Å². The summed E-state index contributed by atoms with van der Waals surface area (Å²) in [5, 5.41) is 3.15. The number of rotatable bonds is 3. The third kappa shape index (κ3) is 2.34. The first-order valence-electron chi connectivity index (χ1n) is 8.29. The molecule has 1 N–H and O–H groups in total. The third-order valence-electron chi connectivity index (χ3n) is 4.65. The van der Waals surface area contributed by atoms with Gasteiger partial charge in [0.2, 0.25) is 5.95 Å². The van der Waals surface area contributed by atoms with Crippen LogP contribution in [0.1, 0.15) is 5.56 Å². The number of methoxy groups -OCH3 is 1. The highest BCUT2D eigenvalue weighted by Gasteiger charge is 2.26. The van der Waals surface area contributed by atoms with E-state index in [4.69, 9.17) is 4.74 Å². The zero-order chi connectivity index (χ0) is 19.3. The smallest absolute Gasteiger partial charge is 0.235 e. The minimum atomic E-state index is -1.03. The van der Waals surface area contributed by atoms with Gasteiger partial charge in [0.05, 0.1) is 23.7 Å². The van der Waals surface area contributed by atoms with Crippen molar-refractivity contribution in [3.63, 3.8) is 0 Å². The number of para-hydroxylation sites is 1. The molecule has 0 amide bonds. The molecule has 4 aromatic rings. The molecule has 4 rings (SSSR count). The van der Waals surface area contributed by atoms with Crippen LogP contribution < -0.4 is 10.1 Å². The highest BCUT2D eigenvalue weighted by molar-refractivity contribution is 6.11. The molecule has 2 aromatic carbocycles. The van der Waals surface area contributed by atoms with E-state index in [1.54, 1.807) is 32.2 Å². The summed E-state index contributed by atoms with van der Waals surface area (Å²) < 4.78 is 50.4. The number of hydrogen-bond donors (Lipinski definition) is 1. The van der Waals surface area contributed by atoms with Crippen LogP contribution in [0.4, 0.5) is 19.0 Å². The molecule has 0 aliphatic carbocycles. The minimum Gasteiger partial charge on any atom is -0.491 e. The van der Waals surface area contributed by atoms with Crippen LogP contribution in [0.15, 0.2) is 36.4 Å². The van der Waals surface area contributed by atoms with E-state index in [9.17, 15) is 8.78 Å². The van der Waals surface area contributed by atoms with Gasteiger partial charge in [-0.3, -0.25) is 4.57 Å². The fraction of sp³-hybridized carbons (Fsp3) is 0.150. The van der Waals surface area contributed by atoms with Gasteiger partial charge in [-0.15, -0.1) is 0 Å². The summed E-state index contributed by atoms with van der Waals surface area (Å²) in [6.45, 7) is 1.81. The molecule has 0 aliphatic rings. The predicted molar refractivity (Wildman–Crippen MR) is 99.3 cm³/mol. The van der Waals surface area contributed by atoms with E-state index in [2.05, 4.69) is 10.3 Å². The fourth-order valence-corrected chi connectivity index (χ4v) is 3.42. The van der Waals surface area contributed by atoms with E-state index in [0.29, 0.717) is 11.1 Å². The molecule has 7 heteroatoms. The number of fused-ring (bicyclic) bond motifs is 3. The maximum absolute atomic E-state index is 15.0. The Bertz CT molecular complexity index is 1200. The molecule has 4 nitrogen and oxygen atoms in total. The molecule has 0 bridgehead atoms. The van der Waals surface area contributed by atoms with E-state index in [-0.39, 0.29) is 28.0 Å². The molecule has 138 valence electrons. The zero-order valence-corrected chi connectivity index (χ0v) is 14.9. The van der Waals surface area contributed by atoms with Crippen LogP contribution in [0, 0.1) is 24.5 Å². The normalized spacial score (nSPS) is 11.3. The van der Waals surface area contributed by atoms with Gasteiger partial charge >= 0.3 is 0 Å². The molecule has 2 aromatic heterocycles. The van der Waals surface area contributed by atoms with Gasteiger partial charge in [-0.2, -0.15) is 4.39 Å². The molecular formula is C20H16F3N3O. The van der Waals surface area contributed by atoms with Crippen LogP contribution in [-0.2, 0) is 0 Å². The van der Waals surface area contributed by atoms with E-state index >= 15 is 4.39 Å². The van der Waals surface area contributed by atoms with Gasteiger partial charge in [0.15, 0.2) is 17.4 Å². The lowest BCUT2D eigenvalue weighted by molar-refractivity contribution is 0.391. The van der Waals surface area contributed by atoms with E-state index in [0.717, 1.165) is 5.56 Å². The Balaban J connectivity index is 2.30. The number of halogens is 3. The molecule has 0 aliphatic heterocycles. The minimum absolute atomic E-state index is 0.000542. The van der Waals surface area contributed by atoms with Gasteiger partial charge in [0, 0.05) is 12.4 Å². The lowest BCUT2D eigenvalue weighted by Crippen LogP contribution is -2.02. The summed E-state index contributed by atoms with van der Waals surface area (Å²) in [7, 11) is 2.87. The zero-order valence-electron chi connectivity index (χ0n) is 14.9. The number of nitrogens with one attached hydrogen (secondary N) is 1. The van der Waals surface area contributed by atoms with Crippen molar-refractivity contribution >= 4 is 27.6 Å². The Morgan fingerprint density at radius 2 is 1.81 bits per heavy atom. The summed E-state index contributed by atoms with van der Waals surface area (Å²) in [4.78, 5) is 4.29. The average molecular weight is 371 g/mol. The van der Waals surface area contributed by atoms with Crippen LogP contribution >= 0.6 is 0 Å². The van der Waals surface area contributed by atoms with Gasteiger partial charge in [0.25, 0.3) is 0 Å². The monoisotopic (exact) mass is 371 g/mol. The number of aryl methyl sites for hydroxylation is 1. The Kier molecular flexibility index (Phi) is 3.95. The molecule has 0 fully saturated rings. The van der Waals surface area contributed by atoms with E-state index < -0.39 is 17.6 Å². The largest absolute Gasteiger partial charge is 0.491 e. The Labute approximate surface area is 153 Å². The Morgan fingerprint density at radius 1 is 1.07 bits per heavy atom. The van der Waals surface area contributed by atoms with E-state index in [1.807, 2.05) is 6.07 Å². The highest BCUT2D eigenvalue weighted by atomic mass is 19.2. The second-order valence-electron chi connectivity index (χ2n) is 6.14. The second-order valence-corrected chi connectivity index (χ2v) is 6.14. The number of pyridine rings is 1. The summed E-state index contributed by atoms with van der Waals surface area (Å²) in [6.07, 6.45) is 0. The first kappa shape index (κ1) is 17.2. The maximum Gasteiger partial charge on any atom is 0.235 e. The van der Waals surface area contributed by atoms with Crippen molar-refractivity contribution in [2.45, 2.75) is 6.92 Å². The fourth-order valence-electron chi connectivity index (χ4n) is 3.42. The summed E-state index contributed by atoms with van der Waals surface area (Å²) in [5.74, 6) is -2.63. The van der Waals surface area contributed by atoms with Gasteiger partial charge in [-0.05, 0) is 30.7 Å². The number of nitrogens with zero attached hydrogens (tertiary/aromatic N) is 2. The second kappa shape index (κ2) is 6.19. The van der Waals surface area contributed by atoms with Gasteiger partial charge in [-0.1, -0.05) is 18.2 Å². The SMILES string of the molecule is CNc1nc2c(OC)c(F)ccc2c2c1c(F)c(F)n2-c1ccccc1C. The molecule has 0 saturated carbocycles. The molecule has 0 atom stereocenters. The summed E-state index contributed by atoms with van der Waals surface area (Å²) >= 11 is 0. The number of hydrogen-bond acceptors (Lipinski definition) is 3. The number of benzene rings is 2. The number of anilines is 1. The van der Waals surface area contributed by atoms with Crippen LogP contribution in [0.3, 0.4) is 0 Å². The maximum atomic E-state index is 15.0. The Hall–Kier alpha value is -3.22. The molecule has 0 saturated heterocycles. The van der Waals surface area contributed by atoms with Crippen LogP contribution in [0.2, 0.25) is 0 Å². The molecule has 0 radical (unpaired) electrons. The molecule has 0 unspecified atom stereocenters. The van der Waals surface area contributed by atoms with Crippen molar-refractivity contribution < 1.29 is 17.9 Å². The molecular weight excluding hydrogens is 355 g/mol. The number of aromatic nitrogens is 2. The molecule has 27 heavy (non-hydrogen) atoms. The lowest BCUT2D eigenvalue weighted by atomic mass is 10.1. The summed E-state index contributed by atoms with van der Waals surface area (Å²) in [6, 6.07) is 9.72. The first-order chi connectivity index (χ1) is 13.0. The van der Waals surface area contributed by atoms with E-state index in [1.165, 1.54) is 23.8 Å². The molecule has 0 spiro atoms. The predicted octanol–water partition coefficient (Wildman–Crippen LogP) is 4.95. The topological polar surface area (TPSA) is 39.1 Å². The standard InChI is InChI=1S/C20H16F3N3O/c1-10-6-4-5-7-13(10)26-17-11-8-9-12(21)18(27-3)16(11)25-20(24-2)14(17)15(22)19(26)23/h4-9H,1-3H3,(H,24,25). The van der Waals surface area contributed by atoms with Crippen molar-refractivity contribution in [1.29, 1.82) is 0 Å². The van der Waals surface area contributed by atoms with Gasteiger partial charge < -0.3 is 10.1 Å². The Morgan fingerprint density at radius 3 is 2.48 bits per heavy atom. The van der Waals surface area contributed by atoms with Crippen molar-refractivity contribution in [1.82, 2.24) is 9.55 Å². The van der Waals surface area contributed by atoms with Gasteiger partial charge in [-0.25, -0.2) is 13.8 Å². The van der Waals surface area contributed by atoms with Crippen LogP contribution in [-0.4, -0.2) is 23.7 Å². The van der Waals surface area contributed by atoms with Crippen molar-refractivity contribution in [2.75, 3.05) is 19.5 Å². The highest BCUT2D eigenvalue weighted by Crippen LogP contribution is 2.40. The van der Waals surface area contributed by atoms with Crippen molar-refractivity contribution in [3.8, 4) is 11.4 Å². The van der Waals surface area contributed by atoms with Crippen LogP contribution in [0.25, 0.3) is 27.5 Å². The number of ether oxygens (including phenoxy) is 1. The third-order valence-corrected chi connectivity index (χ3v) is 4.65. The lowest BCUT2D eigenvalue weighted by Gasteiger charge is -2.14. The quantitative estimate of drug-likeness (QED) is 0.554. The van der Waals surface area contributed by atoms with Crippen molar-refractivity contribution in [3.05, 3.63) is 59.5 Å². The average Bonchev–Trinajstić information content (AvgIpc) is 2.93. The van der Waals surface area contributed by atoms with Crippen LogP contribution in [0.5, 0.6) is 5.75 Å². The first-order valence-corrected chi connectivity index (χ1v) is 8.29. The molecule has 2 heterocycles.